The van der Waals surface area contributed by atoms with Gasteiger partial charge in [-0.1, -0.05) is 24.3 Å². The zero-order valence-corrected chi connectivity index (χ0v) is 17.6. The number of hydrogen-bond donors (Lipinski definition) is 1. The number of amides is 1. The van der Waals surface area contributed by atoms with Crippen LogP contribution in [0.5, 0.6) is 5.75 Å². The topological polar surface area (TPSA) is 79.7 Å². The fraction of sp³-hybridized carbons (Fsp3) is 0.190. The monoisotopic (exact) mass is 426 g/mol. The van der Waals surface area contributed by atoms with Gasteiger partial charge in [0, 0.05) is 10.4 Å². The van der Waals surface area contributed by atoms with Crippen molar-refractivity contribution in [2.24, 2.45) is 0 Å². The second-order valence-electron chi connectivity index (χ2n) is 6.53. The molecule has 1 unspecified atom stereocenters. The number of thiazole rings is 1. The molecule has 1 aliphatic heterocycles. The number of carbonyl (C=O) groups excluding carboxylic acids is 2. The molecular formula is C21H18N2O4S2. The predicted octanol–water partition coefficient (Wildman–Crippen LogP) is 4.61. The van der Waals surface area contributed by atoms with Gasteiger partial charge in [0.05, 0.1) is 23.3 Å². The van der Waals surface area contributed by atoms with Crippen molar-refractivity contribution in [1.82, 2.24) is 4.98 Å². The zero-order chi connectivity index (χ0) is 20.7. The quantitative estimate of drug-likeness (QED) is 0.603. The predicted molar refractivity (Wildman–Crippen MR) is 113 cm³/mol. The van der Waals surface area contributed by atoms with Crippen LogP contribution in [0.25, 0.3) is 0 Å². The lowest BCUT2D eigenvalue weighted by atomic mass is 9.95. The van der Waals surface area contributed by atoms with E-state index in [2.05, 4.69) is 4.98 Å². The molecular weight excluding hydrogens is 408 g/mol. The van der Waals surface area contributed by atoms with E-state index in [1.807, 2.05) is 26.0 Å². The molecule has 2 aromatic heterocycles. The molecule has 3 heterocycles. The molecule has 148 valence electrons. The van der Waals surface area contributed by atoms with E-state index in [0.29, 0.717) is 21.3 Å². The van der Waals surface area contributed by atoms with Crippen LogP contribution in [-0.4, -0.2) is 28.9 Å². The van der Waals surface area contributed by atoms with Gasteiger partial charge < -0.3 is 9.84 Å². The summed E-state index contributed by atoms with van der Waals surface area (Å²) in [6, 6.07) is 9.77. The molecule has 0 bridgehead atoms. The molecule has 1 aromatic carbocycles. The minimum atomic E-state index is -0.835. The van der Waals surface area contributed by atoms with Crippen LogP contribution in [0.3, 0.4) is 0 Å². The molecule has 8 heteroatoms. The number of rotatable bonds is 5. The third-order valence-corrected chi connectivity index (χ3v) is 6.80. The lowest BCUT2D eigenvalue weighted by molar-refractivity contribution is -0.117. The highest BCUT2D eigenvalue weighted by Gasteiger charge is 2.47. The number of hydrogen-bond acceptors (Lipinski definition) is 7. The maximum absolute atomic E-state index is 13.3. The SMILES string of the molecule is COc1ccccc1C1C(C(=O)c2cccs2)=C(O)C(=O)N1c1nc(C)c(C)s1. The second kappa shape index (κ2) is 7.46. The number of benzene rings is 1. The van der Waals surface area contributed by atoms with Gasteiger partial charge in [-0.2, -0.15) is 0 Å². The number of carbonyl (C=O) groups is 2. The lowest BCUT2D eigenvalue weighted by Gasteiger charge is -2.25. The van der Waals surface area contributed by atoms with Crippen molar-refractivity contribution in [3.8, 4) is 5.75 Å². The molecule has 0 saturated heterocycles. The molecule has 1 atom stereocenters. The van der Waals surface area contributed by atoms with Crippen molar-refractivity contribution >= 4 is 39.5 Å². The van der Waals surface area contributed by atoms with Gasteiger partial charge in [-0.3, -0.25) is 14.5 Å². The Bertz CT molecular complexity index is 1110. The average molecular weight is 427 g/mol. The molecule has 0 radical (unpaired) electrons. The standard InChI is InChI=1S/C21H18N2O4S2/c1-11-12(2)29-21(22-11)23-17(13-7-4-5-8-14(13)27-3)16(19(25)20(23)26)18(24)15-9-6-10-28-15/h4-10,17,25H,1-3H3. The highest BCUT2D eigenvalue weighted by molar-refractivity contribution is 7.16. The smallest absolute Gasteiger partial charge is 0.296 e. The van der Waals surface area contributed by atoms with Gasteiger partial charge in [0.2, 0.25) is 5.78 Å². The molecule has 0 saturated carbocycles. The first-order chi connectivity index (χ1) is 13.9. The van der Waals surface area contributed by atoms with E-state index in [-0.39, 0.29) is 11.4 Å². The molecule has 0 fully saturated rings. The highest BCUT2D eigenvalue weighted by Crippen LogP contribution is 2.46. The molecule has 29 heavy (non-hydrogen) atoms. The maximum atomic E-state index is 13.3. The van der Waals surface area contributed by atoms with Crippen LogP contribution >= 0.6 is 22.7 Å². The summed E-state index contributed by atoms with van der Waals surface area (Å²) in [6.45, 7) is 3.78. The number of aromatic nitrogens is 1. The molecule has 1 amide bonds. The number of anilines is 1. The maximum Gasteiger partial charge on any atom is 0.296 e. The van der Waals surface area contributed by atoms with Crippen molar-refractivity contribution in [2.75, 3.05) is 12.0 Å². The zero-order valence-electron chi connectivity index (χ0n) is 16.0. The molecule has 0 aliphatic carbocycles. The fourth-order valence-electron chi connectivity index (χ4n) is 3.32. The number of nitrogens with zero attached hydrogens (tertiary/aromatic N) is 2. The lowest BCUT2D eigenvalue weighted by Crippen LogP contribution is -2.31. The number of aliphatic hydroxyl groups excluding tert-OH is 1. The Labute approximate surface area is 175 Å². The van der Waals surface area contributed by atoms with Gasteiger partial charge in [0.1, 0.15) is 11.8 Å². The number of aryl methyl sites for hydroxylation is 2. The van der Waals surface area contributed by atoms with Gasteiger partial charge in [-0.25, -0.2) is 4.98 Å². The Balaban J connectivity index is 1.93. The third-order valence-electron chi connectivity index (χ3n) is 4.85. The molecule has 1 aliphatic rings. The average Bonchev–Trinajstić information content (AvgIpc) is 3.42. The van der Waals surface area contributed by atoms with E-state index < -0.39 is 17.7 Å². The van der Waals surface area contributed by atoms with Crippen LogP contribution in [0, 0.1) is 13.8 Å². The minimum Gasteiger partial charge on any atom is -0.503 e. The summed E-state index contributed by atoms with van der Waals surface area (Å²) in [5.41, 5.74) is 1.44. The molecule has 0 spiro atoms. The normalized spacial score (nSPS) is 16.6. The molecule has 3 aromatic rings. The van der Waals surface area contributed by atoms with Crippen molar-refractivity contribution in [1.29, 1.82) is 0 Å². The first kappa shape index (κ1) is 19.4. The first-order valence-corrected chi connectivity index (χ1v) is 10.6. The van der Waals surface area contributed by atoms with Crippen LogP contribution in [0.15, 0.2) is 53.1 Å². The van der Waals surface area contributed by atoms with E-state index >= 15 is 0 Å². The van der Waals surface area contributed by atoms with Crippen molar-refractivity contribution in [3.05, 3.63) is 74.1 Å². The van der Waals surface area contributed by atoms with E-state index in [9.17, 15) is 14.7 Å². The van der Waals surface area contributed by atoms with Gasteiger partial charge in [-0.05, 0) is 31.4 Å². The third kappa shape index (κ3) is 3.14. The second-order valence-corrected chi connectivity index (χ2v) is 8.66. The number of para-hydroxylation sites is 1. The Morgan fingerprint density at radius 3 is 2.59 bits per heavy atom. The Morgan fingerprint density at radius 1 is 1.21 bits per heavy atom. The Morgan fingerprint density at radius 2 is 1.97 bits per heavy atom. The first-order valence-electron chi connectivity index (χ1n) is 8.85. The number of ether oxygens (including phenoxy) is 1. The largest absolute Gasteiger partial charge is 0.503 e. The van der Waals surface area contributed by atoms with Crippen LogP contribution in [0.4, 0.5) is 5.13 Å². The molecule has 1 N–H and O–H groups in total. The summed E-state index contributed by atoms with van der Waals surface area (Å²) in [7, 11) is 1.53. The van der Waals surface area contributed by atoms with Gasteiger partial charge >= 0.3 is 0 Å². The number of aliphatic hydroxyl groups is 1. The van der Waals surface area contributed by atoms with Gasteiger partial charge in [0.15, 0.2) is 10.9 Å². The molecule has 6 nitrogen and oxygen atoms in total. The van der Waals surface area contributed by atoms with Crippen molar-refractivity contribution in [3.63, 3.8) is 0 Å². The van der Waals surface area contributed by atoms with Crippen LogP contribution in [0.2, 0.25) is 0 Å². The number of ketones is 1. The van der Waals surface area contributed by atoms with Gasteiger partial charge in [0.25, 0.3) is 5.91 Å². The van der Waals surface area contributed by atoms with Crippen molar-refractivity contribution < 1.29 is 19.4 Å². The van der Waals surface area contributed by atoms with Crippen LogP contribution in [0.1, 0.15) is 31.8 Å². The number of Topliss-reactive ketones (excluding diaryl/α,β-unsaturated/α-hetero) is 1. The van der Waals surface area contributed by atoms with E-state index in [4.69, 9.17) is 4.74 Å². The fourth-order valence-corrected chi connectivity index (χ4v) is 4.93. The molecule has 4 rings (SSSR count). The minimum absolute atomic E-state index is 0.0347. The Kier molecular flexibility index (Phi) is 4.97. The van der Waals surface area contributed by atoms with E-state index in [0.717, 1.165) is 10.6 Å². The van der Waals surface area contributed by atoms with Crippen molar-refractivity contribution in [2.45, 2.75) is 19.9 Å². The number of thiophene rings is 1. The van der Waals surface area contributed by atoms with Gasteiger partial charge in [-0.15, -0.1) is 22.7 Å². The van der Waals surface area contributed by atoms with E-state index in [1.54, 1.807) is 29.6 Å². The van der Waals surface area contributed by atoms with Crippen LogP contribution < -0.4 is 9.64 Å². The summed E-state index contributed by atoms with van der Waals surface area (Å²) in [5, 5.41) is 13.0. The summed E-state index contributed by atoms with van der Waals surface area (Å²) in [5.74, 6) is -1.06. The summed E-state index contributed by atoms with van der Waals surface area (Å²) in [4.78, 5) is 33.6. The Hall–Kier alpha value is -2.97. The summed E-state index contributed by atoms with van der Waals surface area (Å²) in [6.07, 6.45) is 0. The van der Waals surface area contributed by atoms with Crippen LogP contribution in [-0.2, 0) is 4.79 Å². The van der Waals surface area contributed by atoms with E-state index in [1.165, 1.54) is 34.7 Å². The highest BCUT2D eigenvalue weighted by atomic mass is 32.1. The number of methoxy groups -OCH3 is 1. The summed E-state index contributed by atoms with van der Waals surface area (Å²) < 4.78 is 5.49. The summed E-state index contributed by atoms with van der Waals surface area (Å²) >= 11 is 2.61.